The van der Waals surface area contributed by atoms with Gasteiger partial charge in [-0.05, 0) is 25.0 Å². The highest BCUT2D eigenvalue weighted by atomic mass is 19.4. The molecule has 0 heterocycles. The molecule has 2 nitrogen and oxygen atoms in total. The van der Waals surface area contributed by atoms with Gasteiger partial charge in [0.25, 0.3) is 0 Å². The highest BCUT2D eigenvalue weighted by Crippen LogP contribution is 2.44. The lowest BCUT2D eigenvalue weighted by molar-refractivity contribution is -0.137. The van der Waals surface area contributed by atoms with Crippen LogP contribution in [0.3, 0.4) is 0 Å². The van der Waals surface area contributed by atoms with Crippen LogP contribution in [0.1, 0.15) is 36.8 Å². The first-order valence-electron chi connectivity index (χ1n) is 5.85. The van der Waals surface area contributed by atoms with Crippen molar-refractivity contribution in [2.45, 2.75) is 37.4 Å². The van der Waals surface area contributed by atoms with Crippen LogP contribution in [0.25, 0.3) is 0 Å². The van der Waals surface area contributed by atoms with E-state index < -0.39 is 23.1 Å². The van der Waals surface area contributed by atoms with Crippen LogP contribution >= 0.6 is 0 Å². The minimum atomic E-state index is -4.59. The topological polar surface area (TPSA) is 29.4 Å². The summed E-state index contributed by atoms with van der Waals surface area (Å²) in [6.45, 7) is 0. The fourth-order valence-electron chi connectivity index (χ4n) is 2.56. The molecule has 0 N–H and O–H groups in total. The predicted molar refractivity (Wildman–Crippen MR) is 59.7 cm³/mol. The van der Waals surface area contributed by atoms with Crippen molar-refractivity contribution in [3.63, 3.8) is 0 Å². The number of carbonyl (C=O) groups excluding carboxylic acids is 1. The summed E-state index contributed by atoms with van der Waals surface area (Å²) in [5.74, 6) is -0.976. The van der Waals surface area contributed by atoms with E-state index in [0.717, 1.165) is 25.0 Å². The van der Waals surface area contributed by atoms with Crippen LogP contribution in [0.5, 0.6) is 0 Å². The Balaban J connectivity index is 2.48. The van der Waals surface area contributed by atoms with E-state index in [0.29, 0.717) is 18.9 Å². The average molecular weight is 273 g/mol. The molecular weight excluding hydrogens is 262 g/mol. The molecular formula is C13H11F4NO. The second-order valence-corrected chi connectivity index (χ2v) is 4.63. The van der Waals surface area contributed by atoms with Crippen molar-refractivity contribution >= 4 is 6.08 Å². The van der Waals surface area contributed by atoms with Gasteiger partial charge in [0.15, 0.2) is 0 Å². The lowest BCUT2D eigenvalue weighted by Gasteiger charge is -2.23. The fourth-order valence-corrected chi connectivity index (χ4v) is 2.56. The zero-order valence-corrected chi connectivity index (χ0v) is 9.93. The number of aliphatic imine (C=N–C) groups is 1. The maximum absolute atomic E-state index is 13.9. The molecule has 1 aromatic rings. The van der Waals surface area contributed by atoms with Gasteiger partial charge in [0.05, 0.1) is 5.56 Å². The van der Waals surface area contributed by atoms with Crippen molar-refractivity contribution in [3.05, 3.63) is 35.1 Å². The summed E-state index contributed by atoms with van der Waals surface area (Å²) >= 11 is 0. The standard InChI is InChI=1S/C13H11F4NO/c14-11-7-9(13(15,16)17)3-4-10(11)12(18-8-19)5-1-2-6-12/h3-4,7H,1-2,5-6H2. The molecule has 0 amide bonds. The van der Waals surface area contributed by atoms with E-state index in [9.17, 15) is 22.4 Å². The lowest BCUT2D eigenvalue weighted by Crippen LogP contribution is -2.21. The summed E-state index contributed by atoms with van der Waals surface area (Å²) in [5, 5.41) is 0. The van der Waals surface area contributed by atoms with Crippen LogP contribution < -0.4 is 0 Å². The number of rotatable bonds is 2. The van der Waals surface area contributed by atoms with Gasteiger partial charge in [-0.1, -0.05) is 18.9 Å². The molecule has 1 aliphatic rings. The Kier molecular flexibility index (Phi) is 3.45. The molecule has 1 aliphatic carbocycles. The highest BCUT2D eigenvalue weighted by Gasteiger charge is 2.39. The molecule has 1 saturated carbocycles. The van der Waals surface area contributed by atoms with Crippen LogP contribution in [0.2, 0.25) is 0 Å². The molecule has 0 bridgehead atoms. The molecule has 0 unspecified atom stereocenters. The number of isocyanates is 1. The number of alkyl halides is 3. The van der Waals surface area contributed by atoms with E-state index in [-0.39, 0.29) is 5.56 Å². The molecule has 2 rings (SSSR count). The first kappa shape index (κ1) is 13.7. The zero-order valence-electron chi connectivity index (χ0n) is 9.93. The number of halogens is 4. The van der Waals surface area contributed by atoms with Crippen molar-refractivity contribution in [1.29, 1.82) is 0 Å². The maximum atomic E-state index is 13.9. The number of benzene rings is 1. The summed E-state index contributed by atoms with van der Waals surface area (Å²) in [5.41, 5.74) is -2.05. The average Bonchev–Trinajstić information content (AvgIpc) is 2.77. The van der Waals surface area contributed by atoms with Crippen molar-refractivity contribution in [2.75, 3.05) is 0 Å². The van der Waals surface area contributed by atoms with E-state index >= 15 is 0 Å². The minimum absolute atomic E-state index is 0.0429. The zero-order chi connectivity index (χ0) is 14.1. The van der Waals surface area contributed by atoms with Crippen LogP contribution in [0.4, 0.5) is 17.6 Å². The monoisotopic (exact) mass is 273 g/mol. The van der Waals surface area contributed by atoms with Gasteiger partial charge < -0.3 is 0 Å². The van der Waals surface area contributed by atoms with E-state index in [1.54, 1.807) is 0 Å². The Morgan fingerprint density at radius 2 is 1.84 bits per heavy atom. The fraction of sp³-hybridized carbons (Fsp3) is 0.462. The molecule has 1 fully saturated rings. The summed E-state index contributed by atoms with van der Waals surface area (Å²) in [6, 6.07) is 2.35. The third kappa shape index (κ3) is 2.54. The Morgan fingerprint density at radius 1 is 1.21 bits per heavy atom. The van der Waals surface area contributed by atoms with Gasteiger partial charge >= 0.3 is 6.18 Å². The molecule has 0 aliphatic heterocycles. The first-order valence-corrected chi connectivity index (χ1v) is 5.85. The van der Waals surface area contributed by atoms with Gasteiger partial charge in [-0.2, -0.15) is 18.2 Å². The maximum Gasteiger partial charge on any atom is 0.416 e. The van der Waals surface area contributed by atoms with Crippen LogP contribution in [0, 0.1) is 5.82 Å². The van der Waals surface area contributed by atoms with Gasteiger partial charge in [-0.15, -0.1) is 0 Å². The van der Waals surface area contributed by atoms with Gasteiger partial charge in [-0.25, -0.2) is 9.18 Å². The quantitative estimate of drug-likeness (QED) is 0.456. The van der Waals surface area contributed by atoms with Crippen molar-refractivity contribution < 1.29 is 22.4 Å². The van der Waals surface area contributed by atoms with E-state index in [4.69, 9.17) is 0 Å². The molecule has 0 aromatic heterocycles. The summed E-state index contributed by atoms with van der Waals surface area (Å²) in [7, 11) is 0. The van der Waals surface area contributed by atoms with Crippen molar-refractivity contribution in [3.8, 4) is 0 Å². The van der Waals surface area contributed by atoms with Crippen LogP contribution in [-0.4, -0.2) is 6.08 Å². The van der Waals surface area contributed by atoms with Gasteiger partial charge in [-0.3, -0.25) is 0 Å². The van der Waals surface area contributed by atoms with Gasteiger partial charge in [0, 0.05) is 5.56 Å². The predicted octanol–water partition coefficient (Wildman–Crippen LogP) is 3.95. The molecule has 0 radical (unpaired) electrons. The van der Waals surface area contributed by atoms with Gasteiger partial charge in [0.2, 0.25) is 6.08 Å². The van der Waals surface area contributed by atoms with E-state index in [1.807, 2.05) is 0 Å². The second kappa shape index (κ2) is 4.78. The molecule has 0 atom stereocenters. The van der Waals surface area contributed by atoms with Crippen LogP contribution in [0.15, 0.2) is 23.2 Å². The van der Waals surface area contributed by atoms with Gasteiger partial charge in [0.1, 0.15) is 11.4 Å². The number of hydrogen-bond acceptors (Lipinski definition) is 2. The first-order chi connectivity index (χ1) is 8.89. The number of nitrogens with zero attached hydrogens (tertiary/aromatic N) is 1. The minimum Gasteiger partial charge on any atom is -0.211 e. The summed E-state index contributed by atoms with van der Waals surface area (Å²) < 4.78 is 51.3. The molecule has 102 valence electrons. The summed E-state index contributed by atoms with van der Waals surface area (Å²) in [4.78, 5) is 14.1. The third-order valence-corrected chi connectivity index (χ3v) is 3.49. The molecule has 1 aromatic carbocycles. The molecule has 0 spiro atoms. The Morgan fingerprint density at radius 3 is 2.32 bits per heavy atom. The SMILES string of the molecule is O=C=NC1(c2ccc(C(F)(F)F)cc2F)CCCC1. The Bertz CT molecular complexity index is 526. The van der Waals surface area contributed by atoms with Crippen molar-refractivity contribution in [1.82, 2.24) is 0 Å². The summed E-state index contributed by atoms with van der Waals surface area (Å²) in [6.07, 6.45) is -0.771. The molecule has 6 heteroatoms. The molecule has 0 saturated heterocycles. The van der Waals surface area contributed by atoms with Crippen LogP contribution in [-0.2, 0) is 16.5 Å². The van der Waals surface area contributed by atoms with Crippen molar-refractivity contribution in [2.24, 2.45) is 4.99 Å². The largest absolute Gasteiger partial charge is 0.416 e. The second-order valence-electron chi connectivity index (χ2n) is 4.63. The highest BCUT2D eigenvalue weighted by molar-refractivity contribution is 5.40. The Labute approximate surface area is 107 Å². The smallest absolute Gasteiger partial charge is 0.211 e. The third-order valence-electron chi connectivity index (χ3n) is 3.49. The molecule has 19 heavy (non-hydrogen) atoms. The lowest BCUT2D eigenvalue weighted by atomic mass is 9.88. The van der Waals surface area contributed by atoms with E-state index in [1.165, 1.54) is 6.08 Å². The van der Waals surface area contributed by atoms with E-state index in [2.05, 4.69) is 4.99 Å². The normalized spacial score (nSPS) is 18.1. The Hall–Kier alpha value is -1.68. The number of hydrogen-bond donors (Lipinski definition) is 0.